The molecule has 0 aromatic heterocycles. The van der Waals surface area contributed by atoms with E-state index in [1.165, 1.54) is 13.8 Å². The van der Waals surface area contributed by atoms with Crippen LogP contribution in [-0.2, 0) is 16.0 Å². The number of aliphatic hydroxyl groups excluding tert-OH is 2. The van der Waals surface area contributed by atoms with Crippen molar-refractivity contribution in [2.24, 2.45) is 5.41 Å². The molecule has 8 nitrogen and oxygen atoms in total. The van der Waals surface area contributed by atoms with E-state index in [0.717, 1.165) is 12.5 Å². The van der Waals surface area contributed by atoms with Crippen LogP contribution in [0.4, 0.5) is 0 Å². The fourth-order valence-corrected chi connectivity index (χ4v) is 4.47. The third-order valence-corrected chi connectivity index (χ3v) is 6.59. The first kappa shape index (κ1) is 26.8. The Balaban J connectivity index is 2.31. The number of aliphatic hydroxyl groups is 2. The molecule has 1 atom stereocenters. The third kappa shape index (κ3) is 4.32. The van der Waals surface area contributed by atoms with E-state index in [0.29, 0.717) is 0 Å². The molecule has 0 fully saturated rings. The molecule has 0 radical (unpaired) electrons. The summed E-state index contributed by atoms with van der Waals surface area (Å²) in [5.74, 6) is -4.13. The highest BCUT2D eigenvalue weighted by molar-refractivity contribution is 6.23. The Hall–Kier alpha value is -3.81. The average molecular weight is 497 g/mol. The monoisotopic (exact) mass is 496 g/mol. The fourth-order valence-electron chi connectivity index (χ4n) is 4.47. The molecule has 0 amide bonds. The van der Waals surface area contributed by atoms with Gasteiger partial charge < -0.3 is 25.2 Å². The first-order chi connectivity index (χ1) is 16.5. The van der Waals surface area contributed by atoms with Crippen LogP contribution in [0.5, 0.6) is 17.2 Å². The topological polar surface area (TPSA) is 141 Å². The molecule has 0 spiro atoms. The van der Waals surface area contributed by atoms with Gasteiger partial charge in [0.2, 0.25) is 0 Å². The van der Waals surface area contributed by atoms with Gasteiger partial charge >= 0.3 is 0 Å². The molecule has 0 saturated heterocycles. The number of hydrogen-bond acceptors (Lipinski definition) is 8. The number of ether oxygens (including phenoxy) is 1. The van der Waals surface area contributed by atoms with Gasteiger partial charge in [-0.3, -0.25) is 14.4 Å². The van der Waals surface area contributed by atoms with Crippen molar-refractivity contribution in [2.75, 3.05) is 0 Å². The van der Waals surface area contributed by atoms with Crippen LogP contribution in [0.3, 0.4) is 0 Å². The molecule has 4 N–H and O–H groups in total. The highest BCUT2D eigenvalue weighted by Crippen LogP contribution is 2.50. The van der Waals surface area contributed by atoms with E-state index < -0.39 is 63.4 Å². The fraction of sp³-hybridized carbons (Fsp3) is 0.393. The molecule has 2 aliphatic rings. The van der Waals surface area contributed by atoms with Crippen LogP contribution in [0.25, 0.3) is 6.08 Å². The van der Waals surface area contributed by atoms with Crippen LogP contribution in [0.15, 0.2) is 40.4 Å². The number of phenols is 2. The zero-order chi connectivity index (χ0) is 27.3. The lowest BCUT2D eigenvalue weighted by atomic mass is 9.70. The molecule has 1 heterocycles. The summed E-state index contributed by atoms with van der Waals surface area (Å²) in [7, 11) is 0. The number of allylic oxidation sites excluding steroid dienone is 5. The van der Waals surface area contributed by atoms with Crippen molar-refractivity contribution < 1.29 is 39.5 Å². The van der Waals surface area contributed by atoms with Crippen molar-refractivity contribution in [1.82, 2.24) is 0 Å². The molecule has 1 aliphatic heterocycles. The van der Waals surface area contributed by atoms with E-state index in [4.69, 9.17) is 4.74 Å². The maximum absolute atomic E-state index is 13.2. The maximum atomic E-state index is 13.2. The number of Topliss-reactive ketones (excluding diaryl/α,β-unsaturated/α-hetero) is 3. The van der Waals surface area contributed by atoms with Crippen molar-refractivity contribution in [3.63, 3.8) is 0 Å². The Morgan fingerprint density at radius 2 is 1.58 bits per heavy atom. The molecule has 0 bridgehead atoms. The first-order valence-corrected chi connectivity index (χ1v) is 11.6. The van der Waals surface area contributed by atoms with Gasteiger partial charge in [0.05, 0.1) is 11.0 Å². The third-order valence-electron chi connectivity index (χ3n) is 6.59. The van der Waals surface area contributed by atoms with Crippen molar-refractivity contribution >= 4 is 23.4 Å². The minimum absolute atomic E-state index is 0.0170. The quantitative estimate of drug-likeness (QED) is 0.240. The summed E-state index contributed by atoms with van der Waals surface area (Å²) in [6.07, 6.45) is 4.57. The normalized spacial score (nSPS) is 20.7. The van der Waals surface area contributed by atoms with Gasteiger partial charge in [-0.1, -0.05) is 11.6 Å². The number of benzene rings is 1. The number of fused-ring (bicyclic) bond motifs is 1. The summed E-state index contributed by atoms with van der Waals surface area (Å²) in [6.45, 7) is 11.0. The molecule has 8 heteroatoms. The number of ketones is 3. The molecule has 1 aliphatic carbocycles. The summed E-state index contributed by atoms with van der Waals surface area (Å²) in [6, 6.07) is 0. The zero-order valence-electron chi connectivity index (χ0n) is 21.6. The molecular formula is C28H32O8. The van der Waals surface area contributed by atoms with Crippen LogP contribution in [0, 0.1) is 5.41 Å². The number of rotatable bonds is 6. The van der Waals surface area contributed by atoms with Crippen LogP contribution in [-0.4, -0.2) is 43.4 Å². The van der Waals surface area contributed by atoms with E-state index in [9.17, 15) is 34.8 Å². The molecule has 36 heavy (non-hydrogen) atoms. The Labute approximate surface area is 209 Å². The molecule has 1 aromatic carbocycles. The number of carbonyl (C=O) groups excluding carboxylic acids is 3. The minimum atomic E-state index is -1.56. The second-order valence-corrected chi connectivity index (χ2v) is 10.3. The van der Waals surface area contributed by atoms with Crippen molar-refractivity contribution in [3.05, 3.63) is 57.1 Å². The van der Waals surface area contributed by atoms with Crippen LogP contribution < -0.4 is 4.74 Å². The largest absolute Gasteiger partial charge is 0.511 e. The van der Waals surface area contributed by atoms with Crippen molar-refractivity contribution in [1.29, 1.82) is 0 Å². The standard InChI is InChI=1S/C28H32O8/c1-13(2)8-11-28(7)25(34)18(23(33)20(15(4)30)26(28)35)12-17-21(31)16-9-10-27(5,6)36-24(16)19(14(3)29)22(17)32/h8-10,31-34H,11-12H2,1-7H3. The van der Waals surface area contributed by atoms with Gasteiger partial charge in [0, 0.05) is 17.6 Å². The van der Waals surface area contributed by atoms with Gasteiger partial charge in [-0.15, -0.1) is 0 Å². The lowest BCUT2D eigenvalue weighted by Crippen LogP contribution is -2.38. The Morgan fingerprint density at radius 3 is 2.11 bits per heavy atom. The highest BCUT2D eigenvalue weighted by atomic mass is 16.5. The van der Waals surface area contributed by atoms with Crippen LogP contribution in [0.2, 0.25) is 0 Å². The van der Waals surface area contributed by atoms with E-state index in [2.05, 4.69) is 0 Å². The van der Waals surface area contributed by atoms with Gasteiger partial charge in [-0.05, 0) is 67.0 Å². The minimum Gasteiger partial charge on any atom is -0.511 e. The summed E-state index contributed by atoms with van der Waals surface area (Å²) in [5.41, 5.74) is -2.32. The van der Waals surface area contributed by atoms with Gasteiger partial charge in [0.15, 0.2) is 17.3 Å². The van der Waals surface area contributed by atoms with Crippen molar-refractivity contribution in [3.8, 4) is 17.2 Å². The Morgan fingerprint density at radius 1 is 0.972 bits per heavy atom. The number of phenolic OH excluding ortho intramolecular Hbond substituents is 2. The number of carbonyl (C=O) groups is 3. The molecule has 192 valence electrons. The summed E-state index contributed by atoms with van der Waals surface area (Å²) in [5, 5.41) is 44.3. The summed E-state index contributed by atoms with van der Waals surface area (Å²) >= 11 is 0. The lowest BCUT2D eigenvalue weighted by Gasteiger charge is -2.34. The molecule has 1 unspecified atom stereocenters. The van der Waals surface area contributed by atoms with Crippen LogP contribution >= 0.6 is 0 Å². The predicted octanol–water partition coefficient (Wildman–Crippen LogP) is 5.19. The number of aromatic hydroxyl groups is 2. The van der Waals surface area contributed by atoms with E-state index in [-0.39, 0.29) is 34.4 Å². The second kappa shape index (κ2) is 9.00. The van der Waals surface area contributed by atoms with Crippen molar-refractivity contribution in [2.45, 2.75) is 66.9 Å². The van der Waals surface area contributed by atoms with E-state index >= 15 is 0 Å². The van der Waals surface area contributed by atoms with Gasteiger partial charge in [0.1, 0.15) is 45.5 Å². The summed E-state index contributed by atoms with van der Waals surface area (Å²) in [4.78, 5) is 38.1. The summed E-state index contributed by atoms with van der Waals surface area (Å²) < 4.78 is 5.87. The van der Waals surface area contributed by atoms with E-state index in [1.807, 2.05) is 13.8 Å². The molecule has 0 saturated carbocycles. The zero-order valence-corrected chi connectivity index (χ0v) is 21.6. The number of hydrogen-bond donors (Lipinski definition) is 4. The first-order valence-electron chi connectivity index (χ1n) is 11.6. The Bertz CT molecular complexity index is 1320. The Kier molecular flexibility index (Phi) is 6.70. The average Bonchev–Trinajstić information content (AvgIpc) is 2.75. The smallest absolute Gasteiger partial charge is 0.183 e. The van der Waals surface area contributed by atoms with Gasteiger partial charge in [-0.2, -0.15) is 0 Å². The van der Waals surface area contributed by atoms with Gasteiger partial charge in [0.25, 0.3) is 0 Å². The second-order valence-electron chi connectivity index (χ2n) is 10.3. The predicted molar refractivity (Wildman–Crippen MR) is 134 cm³/mol. The maximum Gasteiger partial charge on any atom is 0.183 e. The van der Waals surface area contributed by atoms with Crippen LogP contribution in [0.1, 0.15) is 76.4 Å². The molecule has 1 aromatic rings. The lowest BCUT2D eigenvalue weighted by molar-refractivity contribution is -0.127. The highest BCUT2D eigenvalue weighted by Gasteiger charge is 2.47. The van der Waals surface area contributed by atoms with Gasteiger partial charge in [-0.25, -0.2) is 0 Å². The SMILES string of the molecule is CC(=O)C1=C(O)C(Cc2c(O)c3c(c(C(C)=O)c2O)OC(C)(C)C=C3)=C(O)C(C)(CC=C(C)C)C1=O. The molecule has 3 rings (SSSR count). The van der Waals surface area contributed by atoms with E-state index in [1.54, 1.807) is 32.1 Å². The molecular weight excluding hydrogens is 464 g/mol.